The average Bonchev–Trinajstić information content (AvgIpc) is 2.83. The number of carbonyl (C=O) groups is 2. The molecule has 0 bridgehead atoms. The normalized spacial score (nSPS) is 15.1. The lowest BCUT2D eigenvalue weighted by Crippen LogP contribution is -2.54. The van der Waals surface area contributed by atoms with Gasteiger partial charge in [0.25, 0.3) is 0 Å². The van der Waals surface area contributed by atoms with E-state index >= 15 is 0 Å². The highest BCUT2D eigenvalue weighted by Crippen LogP contribution is 2.42. The van der Waals surface area contributed by atoms with Gasteiger partial charge < -0.3 is 40.2 Å². The molecule has 2 aromatic rings. The lowest BCUT2D eigenvalue weighted by atomic mass is 9.98. The number of likely N-dealkylation sites (N-methyl/N-ethyl adjacent to an activating group) is 1. The average molecular weight is 519 g/mol. The van der Waals surface area contributed by atoms with Crippen LogP contribution in [0.5, 0.6) is 5.75 Å². The molecular weight excluding hydrogens is 493 g/mol. The number of nitrogens with zero attached hydrogens (tertiary/aromatic N) is 1. The third kappa shape index (κ3) is 6.44. The van der Waals surface area contributed by atoms with Crippen molar-refractivity contribution >= 4 is 40.2 Å². The van der Waals surface area contributed by atoms with Gasteiger partial charge in [0.05, 0.1) is 20.3 Å². The van der Waals surface area contributed by atoms with Gasteiger partial charge >= 0.3 is 6.18 Å². The molecule has 0 aliphatic heterocycles. The summed E-state index contributed by atoms with van der Waals surface area (Å²) in [6.07, 6.45) is -10.1. The summed E-state index contributed by atoms with van der Waals surface area (Å²) in [7, 11) is 2.54. The summed E-state index contributed by atoms with van der Waals surface area (Å²) < 4.78 is 46.0. The zero-order chi connectivity index (χ0) is 26.5. The molecule has 0 spiro atoms. The van der Waals surface area contributed by atoms with Gasteiger partial charge in [-0.1, -0.05) is 30.4 Å². The molecule has 2 rings (SSSR count). The molecule has 5 N–H and O–H groups in total. The van der Waals surface area contributed by atoms with Crippen LogP contribution in [-0.4, -0.2) is 94.2 Å². The maximum absolute atomic E-state index is 13.7. The van der Waals surface area contributed by atoms with E-state index in [2.05, 4.69) is 5.32 Å². The van der Waals surface area contributed by atoms with Crippen molar-refractivity contribution in [1.29, 1.82) is 0 Å². The first-order valence-electron chi connectivity index (χ1n) is 10.2. The van der Waals surface area contributed by atoms with Crippen molar-refractivity contribution in [3.8, 4) is 5.75 Å². The number of hydrogen-bond donors (Lipinski definition) is 5. The number of ether oxygens (including phenoxy) is 1. The van der Waals surface area contributed by atoms with Gasteiger partial charge in [0.2, 0.25) is 5.91 Å². The van der Waals surface area contributed by atoms with Gasteiger partial charge in [-0.3, -0.25) is 4.79 Å². The van der Waals surface area contributed by atoms with Crippen molar-refractivity contribution < 1.29 is 47.9 Å². The lowest BCUT2D eigenvalue weighted by Gasteiger charge is -2.27. The molecule has 192 valence electrons. The molecule has 0 fully saturated rings. The Kier molecular flexibility index (Phi) is 9.52. The fourth-order valence-electron chi connectivity index (χ4n) is 3.46. The molecule has 9 nitrogen and oxygen atoms in total. The molecular formula is C22H25F3N2O7S. The van der Waals surface area contributed by atoms with Gasteiger partial charge in [-0.15, -0.1) is 0 Å². The third-order valence-electron chi connectivity index (χ3n) is 5.26. The van der Waals surface area contributed by atoms with Crippen LogP contribution in [0.4, 0.5) is 13.2 Å². The van der Waals surface area contributed by atoms with Crippen LogP contribution in [0, 0.1) is 0 Å². The van der Waals surface area contributed by atoms with Crippen LogP contribution in [-0.2, 0) is 15.8 Å². The van der Waals surface area contributed by atoms with Crippen molar-refractivity contribution in [1.82, 2.24) is 10.2 Å². The number of aliphatic hydroxyl groups excluding tert-OH is 4. The smallest absolute Gasteiger partial charge is 0.420 e. The topological polar surface area (TPSA) is 140 Å². The number of alkyl halides is 3. The first-order chi connectivity index (χ1) is 16.4. The van der Waals surface area contributed by atoms with Crippen molar-refractivity contribution in [2.75, 3.05) is 27.3 Å². The zero-order valence-corrected chi connectivity index (χ0v) is 19.5. The van der Waals surface area contributed by atoms with Crippen LogP contribution in [0.15, 0.2) is 30.3 Å². The highest BCUT2D eigenvalue weighted by molar-refractivity contribution is 7.80. The summed E-state index contributed by atoms with van der Waals surface area (Å²) in [6.45, 7) is -1.34. The van der Waals surface area contributed by atoms with Crippen LogP contribution in [0.1, 0.15) is 11.1 Å². The van der Waals surface area contributed by atoms with Crippen molar-refractivity contribution in [2.24, 2.45) is 0 Å². The molecule has 35 heavy (non-hydrogen) atoms. The fourth-order valence-corrected chi connectivity index (χ4v) is 3.70. The van der Waals surface area contributed by atoms with Crippen LogP contribution in [0.3, 0.4) is 0 Å². The molecule has 1 amide bonds. The zero-order valence-electron chi connectivity index (χ0n) is 18.7. The second kappa shape index (κ2) is 11.7. The second-order valence-electron chi connectivity index (χ2n) is 7.66. The first kappa shape index (κ1) is 28.4. The van der Waals surface area contributed by atoms with E-state index in [1.807, 2.05) is 0 Å². The summed E-state index contributed by atoms with van der Waals surface area (Å²) in [5.41, 5.74) is -0.719. The minimum atomic E-state index is -4.70. The number of hydrogen-bond acceptors (Lipinski definition) is 8. The van der Waals surface area contributed by atoms with Crippen molar-refractivity contribution in [2.45, 2.75) is 30.5 Å². The number of nitrogens with one attached hydrogen (secondary N) is 1. The van der Waals surface area contributed by atoms with Gasteiger partial charge in [-0.2, -0.15) is 13.2 Å². The Balaban J connectivity index is 2.26. The summed E-state index contributed by atoms with van der Waals surface area (Å²) in [4.78, 5) is 25.0. The van der Waals surface area contributed by atoms with E-state index < -0.39 is 55.2 Å². The van der Waals surface area contributed by atoms with E-state index in [9.17, 15) is 38.1 Å². The Morgan fingerprint density at radius 1 is 1.17 bits per heavy atom. The summed E-state index contributed by atoms with van der Waals surface area (Å²) in [5.74, 6) is -1.16. The predicted octanol–water partition coefficient (Wildman–Crippen LogP) is 0.233. The Labute approximate surface area is 203 Å². The number of aldehydes is 1. The van der Waals surface area contributed by atoms with E-state index in [1.54, 1.807) is 0 Å². The molecule has 0 aromatic heterocycles. The quantitative estimate of drug-likeness (QED) is 0.221. The third-order valence-corrected chi connectivity index (χ3v) is 5.79. The number of aliphatic hydroxyl groups is 4. The fraction of sp³-hybridized carbons (Fsp3) is 0.409. The summed E-state index contributed by atoms with van der Waals surface area (Å²) >= 11 is 5.39. The number of carbonyl (C=O) groups excluding carboxylic acids is 2. The highest BCUT2D eigenvalue weighted by Gasteiger charge is 2.37. The van der Waals surface area contributed by atoms with Gasteiger partial charge in [0, 0.05) is 12.6 Å². The Morgan fingerprint density at radius 3 is 2.37 bits per heavy atom. The van der Waals surface area contributed by atoms with Crippen molar-refractivity contribution in [3.05, 3.63) is 41.5 Å². The largest absolute Gasteiger partial charge is 0.496 e. The van der Waals surface area contributed by atoms with Crippen LogP contribution >= 0.6 is 12.2 Å². The molecule has 0 unspecified atom stereocenters. The summed E-state index contributed by atoms with van der Waals surface area (Å²) in [5, 5.41) is 40.2. The number of rotatable bonds is 10. The number of benzene rings is 2. The van der Waals surface area contributed by atoms with Gasteiger partial charge in [0.15, 0.2) is 0 Å². The number of thiocarbonyl (C=S) groups is 1. The Bertz CT molecular complexity index is 1080. The van der Waals surface area contributed by atoms with E-state index in [0.29, 0.717) is 0 Å². The van der Waals surface area contributed by atoms with Gasteiger partial charge in [-0.05, 0) is 22.9 Å². The molecule has 0 aliphatic carbocycles. The first-order valence-corrected chi connectivity index (χ1v) is 10.6. The SMILES string of the molecule is COc1ccc2c(C(=S)N(C)CC(=O)N[C@@H](C=O)[C@@H](O)[C@H](O)[C@H](O)CO)cccc2c1C(F)(F)F. The van der Waals surface area contributed by atoms with Gasteiger partial charge in [-0.25, -0.2) is 0 Å². The predicted molar refractivity (Wildman–Crippen MR) is 123 cm³/mol. The minimum absolute atomic E-state index is 0.0305. The molecule has 0 aliphatic rings. The maximum atomic E-state index is 13.7. The minimum Gasteiger partial charge on any atom is -0.496 e. The van der Waals surface area contributed by atoms with Crippen LogP contribution in [0.25, 0.3) is 10.8 Å². The van der Waals surface area contributed by atoms with E-state index in [4.69, 9.17) is 22.1 Å². The number of amides is 1. The molecule has 0 heterocycles. The lowest BCUT2D eigenvalue weighted by molar-refractivity contribution is -0.137. The molecule has 0 radical (unpaired) electrons. The van der Waals surface area contributed by atoms with E-state index in [0.717, 1.165) is 7.11 Å². The monoisotopic (exact) mass is 518 g/mol. The number of halogens is 3. The molecule has 0 saturated heterocycles. The van der Waals surface area contributed by atoms with Crippen molar-refractivity contribution in [3.63, 3.8) is 0 Å². The highest BCUT2D eigenvalue weighted by atomic mass is 32.1. The van der Waals surface area contributed by atoms with E-state index in [1.165, 1.54) is 42.3 Å². The Hall–Kier alpha value is -2.84. The number of methoxy groups -OCH3 is 1. The molecule has 2 aromatic carbocycles. The maximum Gasteiger partial charge on any atom is 0.420 e. The number of fused-ring (bicyclic) bond motifs is 1. The Morgan fingerprint density at radius 2 is 1.83 bits per heavy atom. The van der Waals surface area contributed by atoms with Crippen LogP contribution < -0.4 is 10.1 Å². The van der Waals surface area contributed by atoms with Crippen LogP contribution in [0.2, 0.25) is 0 Å². The standard InChI is InChI=1S/C22H25F3N2O7S/c1-27(8-17(31)26-14(9-28)19(32)20(33)15(30)10-29)21(35)13-5-3-4-12-11(13)6-7-16(34-2)18(12)22(23,24)25/h3-7,9,14-15,19-20,29-30,32-33H,8,10H2,1-2H3,(H,26,31)/t14-,15+,19+,20+/m0/s1. The summed E-state index contributed by atoms with van der Waals surface area (Å²) in [6, 6.07) is 5.15. The molecule has 4 atom stereocenters. The molecule has 13 heteroatoms. The van der Waals surface area contributed by atoms with E-state index in [-0.39, 0.29) is 33.4 Å². The second-order valence-corrected chi connectivity index (χ2v) is 8.05. The molecule has 0 saturated carbocycles. The van der Waals surface area contributed by atoms with Gasteiger partial charge in [0.1, 0.15) is 46.9 Å².